The van der Waals surface area contributed by atoms with Gasteiger partial charge in [0.25, 0.3) is 0 Å². The normalized spacial score (nSPS) is 13.9. The molecule has 0 aromatic carbocycles. The van der Waals surface area contributed by atoms with Gasteiger partial charge in [0.1, 0.15) is 6.42 Å². The van der Waals surface area contributed by atoms with Crippen LogP contribution in [0.2, 0.25) is 0 Å². The van der Waals surface area contributed by atoms with E-state index >= 15 is 0 Å². The van der Waals surface area contributed by atoms with Crippen molar-refractivity contribution in [2.75, 3.05) is 5.75 Å². The third-order valence-electron chi connectivity index (χ3n) is 1.68. The number of rotatable bonds is 5. The minimum Gasteiger partial charge on any atom is -0.288 e. The molecule has 0 bridgehead atoms. The molecule has 0 fully saturated rings. The van der Waals surface area contributed by atoms with Crippen LogP contribution in [0.4, 0.5) is 30.7 Å². The molecule has 0 heterocycles. The molecule has 17 heavy (non-hydrogen) atoms. The minimum absolute atomic E-state index is 0.359. The van der Waals surface area contributed by atoms with Crippen LogP contribution >= 0.6 is 11.8 Å². The van der Waals surface area contributed by atoms with Gasteiger partial charge < -0.3 is 0 Å². The zero-order valence-electron chi connectivity index (χ0n) is 8.58. The average molecular weight is 286 g/mol. The maximum Gasteiger partial charge on any atom is 0.395 e. The van der Waals surface area contributed by atoms with Crippen molar-refractivity contribution in [3.63, 3.8) is 0 Å². The predicted octanol–water partition coefficient (Wildman–Crippen LogP) is 3.88. The lowest BCUT2D eigenvalue weighted by Crippen LogP contribution is -2.44. The Morgan fingerprint density at radius 2 is 1.47 bits per heavy atom. The third kappa shape index (κ3) is 6.13. The molecule has 102 valence electrons. The second kappa shape index (κ2) is 5.45. The number of halogens is 7. The summed E-state index contributed by atoms with van der Waals surface area (Å²) in [6.45, 7) is 1.04. The molecule has 1 nitrogen and oxygen atoms in total. The Morgan fingerprint density at radius 3 is 1.82 bits per heavy atom. The van der Waals surface area contributed by atoms with E-state index in [1.807, 2.05) is 0 Å². The second-order valence-electron chi connectivity index (χ2n) is 3.29. The van der Waals surface area contributed by atoms with Crippen LogP contribution in [0.25, 0.3) is 0 Å². The van der Waals surface area contributed by atoms with E-state index in [-0.39, 0.29) is 0 Å². The molecule has 0 aromatic heterocycles. The predicted molar refractivity (Wildman–Crippen MR) is 48.3 cm³/mol. The monoisotopic (exact) mass is 286 g/mol. The fourth-order valence-corrected chi connectivity index (χ4v) is 1.53. The zero-order chi connectivity index (χ0) is 13.9. The first-order valence-electron chi connectivity index (χ1n) is 4.33. The maximum absolute atomic E-state index is 12.8. The second-order valence-corrected chi connectivity index (χ2v) is 4.56. The summed E-state index contributed by atoms with van der Waals surface area (Å²) < 4.78 is 85.9. The fraction of sp³-hybridized carbons (Fsp3) is 0.875. The Hall–Kier alpha value is -0.470. The number of hydrogen-bond acceptors (Lipinski definition) is 2. The van der Waals surface area contributed by atoms with Gasteiger partial charge in [0, 0.05) is 19.1 Å². The Balaban J connectivity index is 4.50. The lowest BCUT2D eigenvalue weighted by atomic mass is 10.1. The van der Waals surface area contributed by atoms with Crippen LogP contribution in [0.3, 0.4) is 0 Å². The summed E-state index contributed by atoms with van der Waals surface area (Å²) in [5.74, 6) is -10.6. The van der Waals surface area contributed by atoms with Gasteiger partial charge in [-0.15, -0.1) is 0 Å². The summed E-state index contributed by atoms with van der Waals surface area (Å²) in [7, 11) is 0. The van der Waals surface area contributed by atoms with Crippen molar-refractivity contribution in [3.8, 4) is 0 Å². The van der Waals surface area contributed by atoms with Crippen LogP contribution in [-0.4, -0.2) is 28.9 Å². The smallest absolute Gasteiger partial charge is 0.288 e. The van der Waals surface area contributed by atoms with Gasteiger partial charge >= 0.3 is 18.0 Å². The number of carbonyl (C=O) groups is 1. The van der Waals surface area contributed by atoms with E-state index in [2.05, 4.69) is 0 Å². The first kappa shape index (κ1) is 16.5. The topological polar surface area (TPSA) is 17.1 Å². The molecule has 0 aliphatic rings. The van der Waals surface area contributed by atoms with E-state index in [4.69, 9.17) is 0 Å². The largest absolute Gasteiger partial charge is 0.395 e. The number of hydrogen-bond donors (Lipinski definition) is 0. The number of alkyl halides is 7. The highest BCUT2D eigenvalue weighted by molar-refractivity contribution is 8.13. The summed E-state index contributed by atoms with van der Waals surface area (Å²) in [4.78, 5) is 10.4. The van der Waals surface area contributed by atoms with Gasteiger partial charge in [0.2, 0.25) is 0 Å². The minimum atomic E-state index is -5.37. The van der Waals surface area contributed by atoms with E-state index in [9.17, 15) is 35.5 Å². The van der Waals surface area contributed by atoms with Crippen molar-refractivity contribution in [3.05, 3.63) is 0 Å². The maximum atomic E-state index is 12.8. The molecule has 0 aliphatic heterocycles. The van der Waals surface area contributed by atoms with Gasteiger partial charge in [-0.05, 0) is 0 Å². The molecule has 9 heteroatoms. The van der Waals surface area contributed by atoms with Crippen molar-refractivity contribution in [2.45, 2.75) is 37.8 Å². The summed E-state index contributed by atoms with van der Waals surface area (Å²) in [6.07, 6.45) is -9.74. The Kier molecular flexibility index (Phi) is 5.30. The fourth-order valence-electron chi connectivity index (χ4n) is 0.887. The lowest BCUT2D eigenvalue weighted by Gasteiger charge is -2.27. The summed E-state index contributed by atoms with van der Waals surface area (Å²) in [6, 6.07) is 0. The number of carbonyl (C=O) groups excluding carboxylic acids is 1. The van der Waals surface area contributed by atoms with Crippen molar-refractivity contribution in [2.24, 2.45) is 0 Å². The molecule has 0 aliphatic carbocycles. The van der Waals surface area contributed by atoms with E-state index < -0.39 is 41.7 Å². The molecular weight excluding hydrogens is 277 g/mol. The van der Waals surface area contributed by atoms with Crippen LogP contribution in [-0.2, 0) is 4.79 Å². The highest BCUT2D eigenvalue weighted by Gasteiger charge is 2.60. The average Bonchev–Trinajstić information content (AvgIpc) is 1.97. The van der Waals surface area contributed by atoms with Gasteiger partial charge in [-0.3, -0.25) is 4.79 Å². The first-order chi connectivity index (χ1) is 7.37. The van der Waals surface area contributed by atoms with Gasteiger partial charge in [-0.2, -0.15) is 30.7 Å². The van der Waals surface area contributed by atoms with Gasteiger partial charge in [-0.25, -0.2) is 0 Å². The van der Waals surface area contributed by atoms with Crippen molar-refractivity contribution in [1.29, 1.82) is 0 Å². The SMILES string of the molecule is CC(=O)SCCC(F)(F)C(F)(F)CC(F)(F)F. The molecule has 0 aromatic rings. The first-order valence-corrected chi connectivity index (χ1v) is 5.32. The molecule has 0 radical (unpaired) electrons. The molecule has 0 atom stereocenters. The molecular formula is C8H9F7OS. The highest BCUT2D eigenvalue weighted by atomic mass is 32.2. The Labute approximate surface area is 96.7 Å². The van der Waals surface area contributed by atoms with Crippen LogP contribution < -0.4 is 0 Å². The lowest BCUT2D eigenvalue weighted by molar-refractivity contribution is -0.264. The standard InChI is InChI=1S/C8H9F7OS/c1-5(16)17-3-2-6(9,10)7(11,12)4-8(13,14)15/h2-4H2,1H3. The Bertz CT molecular complexity index is 274. The highest BCUT2D eigenvalue weighted by Crippen LogP contribution is 2.44. The van der Waals surface area contributed by atoms with Crippen LogP contribution in [0.5, 0.6) is 0 Å². The third-order valence-corrected chi connectivity index (χ3v) is 2.49. The van der Waals surface area contributed by atoms with Crippen LogP contribution in [0.1, 0.15) is 19.8 Å². The summed E-state index contributed by atoms with van der Waals surface area (Å²) in [5.41, 5.74) is 0. The van der Waals surface area contributed by atoms with Crippen LogP contribution in [0.15, 0.2) is 0 Å². The molecule has 0 N–H and O–H groups in total. The summed E-state index contributed by atoms with van der Waals surface area (Å²) in [5, 5.41) is -0.570. The van der Waals surface area contributed by atoms with Crippen molar-refractivity contribution >= 4 is 16.9 Å². The molecule has 0 spiro atoms. The van der Waals surface area contributed by atoms with E-state index in [0.717, 1.165) is 6.92 Å². The summed E-state index contributed by atoms with van der Waals surface area (Å²) >= 11 is 0.359. The molecule has 0 amide bonds. The van der Waals surface area contributed by atoms with Gasteiger partial charge in [0.15, 0.2) is 5.12 Å². The molecule has 0 saturated heterocycles. The zero-order valence-corrected chi connectivity index (χ0v) is 9.40. The van der Waals surface area contributed by atoms with Crippen molar-refractivity contribution < 1.29 is 35.5 Å². The molecule has 0 rings (SSSR count). The van der Waals surface area contributed by atoms with E-state index in [0.29, 0.717) is 11.8 Å². The van der Waals surface area contributed by atoms with Crippen LogP contribution in [0, 0.1) is 0 Å². The van der Waals surface area contributed by atoms with E-state index in [1.54, 1.807) is 0 Å². The quantitative estimate of drug-likeness (QED) is 0.713. The van der Waals surface area contributed by atoms with Gasteiger partial charge in [0.05, 0.1) is 0 Å². The van der Waals surface area contributed by atoms with Gasteiger partial charge in [-0.1, -0.05) is 11.8 Å². The molecule has 0 saturated carbocycles. The van der Waals surface area contributed by atoms with Crippen molar-refractivity contribution in [1.82, 2.24) is 0 Å². The number of thioether (sulfide) groups is 1. The molecule has 0 unspecified atom stereocenters. The Morgan fingerprint density at radius 1 is 1.00 bits per heavy atom. The van der Waals surface area contributed by atoms with E-state index in [1.165, 1.54) is 0 Å².